The zero-order chi connectivity index (χ0) is 39.8. The number of furan rings is 1. The zero-order valence-corrected chi connectivity index (χ0v) is 32.5. The molecule has 0 aliphatic heterocycles. The third-order valence-electron chi connectivity index (χ3n) is 11.1. The molecule has 11 rings (SSSR count). The van der Waals surface area contributed by atoms with E-state index in [4.69, 9.17) is 19.4 Å². The molecule has 0 N–H and O–H groups in total. The maximum Gasteiger partial charge on any atom is 0.164 e. The van der Waals surface area contributed by atoms with Gasteiger partial charge in [-0.3, -0.25) is 0 Å². The predicted molar refractivity (Wildman–Crippen MR) is 246 cm³/mol. The monoisotopic (exact) mass is 768 g/mol. The van der Waals surface area contributed by atoms with E-state index in [1.54, 1.807) is 0 Å². The number of para-hydroxylation sites is 3. The van der Waals surface area contributed by atoms with E-state index < -0.39 is 0 Å². The smallest absolute Gasteiger partial charge is 0.164 e. The third kappa shape index (κ3) is 6.35. The highest BCUT2D eigenvalue weighted by molar-refractivity contribution is 6.22. The minimum absolute atomic E-state index is 0.621. The maximum atomic E-state index is 6.74. The van der Waals surface area contributed by atoms with Crippen LogP contribution in [0.1, 0.15) is 0 Å². The molecule has 0 saturated carbocycles. The van der Waals surface area contributed by atoms with Crippen molar-refractivity contribution in [1.82, 2.24) is 15.0 Å². The van der Waals surface area contributed by atoms with E-state index in [0.717, 1.165) is 88.7 Å². The third-order valence-corrected chi connectivity index (χ3v) is 11.1. The highest BCUT2D eigenvalue weighted by atomic mass is 16.3. The molecule has 2 aromatic heterocycles. The van der Waals surface area contributed by atoms with E-state index in [1.807, 2.05) is 66.7 Å². The summed E-state index contributed by atoms with van der Waals surface area (Å²) in [7, 11) is 0. The first kappa shape index (κ1) is 35.0. The number of anilines is 3. The van der Waals surface area contributed by atoms with Crippen LogP contribution in [0.15, 0.2) is 223 Å². The van der Waals surface area contributed by atoms with Crippen molar-refractivity contribution < 1.29 is 4.42 Å². The lowest BCUT2D eigenvalue weighted by molar-refractivity contribution is 0.673. The molecule has 0 radical (unpaired) electrons. The van der Waals surface area contributed by atoms with Gasteiger partial charge in [0.2, 0.25) is 0 Å². The summed E-state index contributed by atoms with van der Waals surface area (Å²) in [5, 5.41) is 4.38. The molecular formula is C55H36N4O. The summed E-state index contributed by atoms with van der Waals surface area (Å²) >= 11 is 0. The Bertz CT molecular complexity index is 3180. The maximum absolute atomic E-state index is 6.74. The van der Waals surface area contributed by atoms with Crippen LogP contribution in [-0.2, 0) is 0 Å². The van der Waals surface area contributed by atoms with Crippen molar-refractivity contribution in [3.8, 4) is 56.4 Å². The Morgan fingerprint density at radius 2 is 0.750 bits per heavy atom. The van der Waals surface area contributed by atoms with Crippen molar-refractivity contribution in [2.24, 2.45) is 0 Å². The van der Waals surface area contributed by atoms with Gasteiger partial charge in [-0.2, -0.15) is 0 Å². The largest absolute Gasteiger partial charge is 0.455 e. The highest BCUT2D eigenvalue weighted by Crippen LogP contribution is 2.44. The second kappa shape index (κ2) is 15.0. The fraction of sp³-hybridized carbons (Fsp3) is 0. The molecule has 0 spiro atoms. The van der Waals surface area contributed by atoms with Crippen LogP contribution in [0, 0.1) is 0 Å². The lowest BCUT2D eigenvalue weighted by Gasteiger charge is -2.25. The SMILES string of the molecule is c1ccc(-c2nc(-c3ccccc3)nc(-c3ccc(-c4cccc5c(-c6ccc(N(c7ccccc7)c7ccccc7)cc6)cc6c7ccccc7oc6c45)cc3)n2)cc1. The number of aromatic nitrogens is 3. The Labute approximate surface area is 347 Å². The van der Waals surface area contributed by atoms with Gasteiger partial charge in [0.25, 0.3) is 0 Å². The molecular weight excluding hydrogens is 733 g/mol. The Balaban J connectivity index is 1.04. The number of rotatable bonds is 8. The summed E-state index contributed by atoms with van der Waals surface area (Å²) in [6.45, 7) is 0. The fourth-order valence-electron chi connectivity index (χ4n) is 8.25. The quantitative estimate of drug-likeness (QED) is 0.154. The van der Waals surface area contributed by atoms with Crippen LogP contribution in [0.5, 0.6) is 0 Å². The van der Waals surface area contributed by atoms with Crippen LogP contribution in [0.2, 0.25) is 0 Å². The molecule has 0 saturated heterocycles. The van der Waals surface area contributed by atoms with E-state index in [0.29, 0.717) is 17.5 Å². The van der Waals surface area contributed by atoms with Crippen molar-refractivity contribution in [2.45, 2.75) is 0 Å². The van der Waals surface area contributed by atoms with E-state index in [9.17, 15) is 0 Å². The van der Waals surface area contributed by atoms with Gasteiger partial charge in [0, 0.05) is 49.9 Å². The van der Waals surface area contributed by atoms with Crippen LogP contribution >= 0.6 is 0 Å². The minimum atomic E-state index is 0.621. The van der Waals surface area contributed by atoms with Gasteiger partial charge in [0.1, 0.15) is 11.2 Å². The molecule has 9 aromatic carbocycles. The molecule has 0 aliphatic carbocycles. The fourth-order valence-corrected chi connectivity index (χ4v) is 8.25. The summed E-state index contributed by atoms with van der Waals surface area (Å²) in [5.41, 5.74) is 12.3. The van der Waals surface area contributed by atoms with E-state index in [1.165, 1.54) is 0 Å². The topological polar surface area (TPSA) is 55.1 Å². The standard InChI is InChI=1S/C55H36N4O/c1-5-16-39(17-6-1)53-56-54(40-18-7-2-8-19-40)58-55(57-53)41-30-28-37(29-31-41)45-25-15-26-47-48(36-49-46-24-13-14-27-50(46)60-52(49)51(45)47)38-32-34-44(35-33-38)59(42-20-9-3-10-21-42)43-22-11-4-12-23-43/h1-36H. The lowest BCUT2D eigenvalue weighted by Crippen LogP contribution is -2.09. The number of hydrogen-bond donors (Lipinski definition) is 0. The molecule has 282 valence electrons. The minimum Gasteiger partial charge on any atom is -0.455 e. The Hall–Kier alpha value is -8.15. The average Bonchev–Trinajstić information content (AvgIpc) is 3.71. The Morgan fingerprint density at radius 1 is 0.317 bits per heavy atom. The van der Waals surface area contributed by atoms with Crippen molar-refractivity contribution >= 4 is 49.8 Å². The first-order chi connectivity index (χ1) is 29.7. The highest BCUT2D eigenvalue weighted by Gasteiger charge is 2.20. The average molecular weight is 769 g/mol. The van der Waals surface area contributed by atoms with Gasteiger partial charge in [-0.15, -0.1) is 0 Å². The Morgan fingerprint density at radius 3 is 1.33 bits per heavy atom. The molecule has 11 aromatic rings. The predicted octanol–water partition coefficient (Wildman–Crippen LogP) is 14.7. The van der Waals surface area contributed by atoms with E-state index >= 15 is 0 Å². The first-order valence-electron chi connectivity index (χ1n) is 20.1. The lowest BCUT2D eigenvalue weighted by atomic mass is 9.90. The van der Waals surface area contributed by atoms with Crippen molar-refractivity contribution in [3.05, 3.63) is 218 Å². The second-order valence-electron chi connectivity index (χ2n) is 14.8. The van der Waals surface area contributed by atoms with Gasteiger partial charge in [-0.25, -0.2) is 15.0 Å². The molecule has 0 bridgehead atoms. The molecule has 0 amide bonds. The molecule has 5 nitrogen and oxygen atoms in total. The van der Waals surface area contributed by atoms with Crippen LogP contribution < -0.4 is 4.90 Å². The van der Waals surface area contributed by atoms with Crippen molar-refractivity contribution in [3.63, 3.8) is 0 Å². The van der Waals surface area contributed by atoms with Gasteiger partial charge in [0.05, 0.1) is 0 Å². The van der Waals surface area contributed by atoms with Crippen LogP contribution in [-0.4, -0.2) is 15.0 Å². The molecule has 5 heteroatoms. The summed E-state index contributed by atoms with van der Waals surface area (Å²) in [6.07, 6.45) is 0. The number of nitrogens with zero attached hydrogens (tertiary/aromatic N) is 4. The first-order valence-corrected chi connectivity index (χ1v) is 20.1. The normalized spacial score (nSPS) is 11.3. The summed E-state index contributed by atoms with van der Waals surface area (Å²) < 4.78 is 6.74. The van der Waals surface area contributed by atoms with Crippen LogP contribution in [0.3, 0.4) is 0 Å². The van der Waals surface area contributed by atoms with Gasteiger partial charge < -0.3 is 9.32 Å². The molecule has 2 heterocycles. The number of fused-ring (bicyclic) bond motifs is 5. The molecule has 0 aliphatic rings. The molecule has 0 unspecified atom stereocenters. The van der Waals surface area contributed by atoms with Crippen molar-refractivity contribution in [1.29, 1.82) is 0 Å². The van der Waals surface area contributed by atoms with Crippen molar-refractivity contribution in [2.75, 3.05) is 4.90 Å². The molecule has 0 atom stereocenters. The van der Waals surface area contributed by atoms with Gasteiger partial charge >= 0.3 is 0 Å². The summed E-state index contributed by atoms with van der Waals surface area (Å²) in [6, 6.07) is 75.8. The van der Waals surface area contributed by atoms with Gasteiger partial charge in [0.15, 0.2) is 17.5 Å². The Kier molecular flexibility index (Phi) is 8.75. The molecule has 60 heavy (non-hydrogen) atoms. The van der Waals surface area contributed by atoms with Crippen LogP contribution in [0.25, 0.3) is 89.1 Å². The number of hydrogen-bond acceptors (Lipinski definition) is 5. The van der Waals surface area contributed by atoms with Crippen LogP contribution in [0.4, 0.5) is 17.1 Å². The summed E-state index contributed by atoms with van der Waals surface area (Å²) in [5.74, 6) is 1.90. The van der Waals surface area contributed by atoms with E-state index in [-0.39, 0.29) is 0 Å². The second-order valence-corrected chi connectivity index (χ2v) is 14.8. The van der Waals surface area contributed by atoms with Gasteiger partial charge in [-0.1, -0.05) is 170 Å². The van der Waals surface area contributed by atoms with E-state index in [2.05, 4.69) is 157 Å². The summed E-state index contributed by atoms with van der Waals surface area (Å²) in [4.78, 5) is 17.1. The molecule has 0 fully saturated rings. The van der Waals surface area contributed by atoms with Gasteiger partial charge in [-0.05, 0) is 76.2 Å². The number of benzene rings is 9. The zero-order valence-electron chi connectivity index (χ0n) is 32.5.